The topological polar surface area (TPSA) is 15.3 Å². The van der Waals surface area contributed by atoms with E-state index in [2.05, 4.69) is 65.1 Å². The Kier molecular flexibility index (Phi) is 4.33. The van der Waals surface area contributed by atoms with E-state index in [1.54, 1.807) is 0 Å². The fraction of sp³-hybridized carbons (Fsp3) is 0.600. The van der Waals surface area contributed by atoms with Crippen molar-refractivity contribution in [2.24, 2.45) is 5.92 Å². The molecule has 0 bridgehead atoms. The van der Waals surface area contributed by atoms with Gasteiger partial charge in [0.15, 0.2) is 0 Å². The van der Waals surface area contributed by atoms with Crippen LogP contribution in [0.25, 0.3) is 0 Å². The second kappa shape index (κ2) is 5.62. The molecule has 3 heteroatoms. The quantitative estimate of drug-likeness (QED) is 0.909. The standard InChI is InChI=1S/C15H23BrN2/c1-10-7-11(2)18(9-10)15-6-5-13(8-14(15)16)12(3)17-4/h5-6,8,10-12,17H,7,9H2,1-4H3. The number of benzene rings is 1. The van der Waals surface area contributed by atoms with Crippen LogP contribution in [0.5, 0.6) is 0 Å². The van der Waals surface area contributed by atoms with E-state index in [0.29, 0.717) is 12.1 Å². The first-order chi connectivity index (χ1) is 8.52. The van der Waals surface area contributed by atoms with Crippen LogP contribution in [0.3, 0.4) is 0 Å². The van der Waals surface area contributed by atoms with Crippen molar-refractivity contribution in [3.05, 3.63) is 28.2 Å². The van der Waals surface area contributed by atoms with E-state index in [1.165, 1.54) is 28.7 Å². The van der Waals surface area contributed by atoms with Gasteiger partial charge in [0.25, 0.3) is 0 Å². The van der Waals surface area contributed by atoms with Gasteiger partial charge in [-0.1, -0.05) is 13.0 Å². The molecule has 18 heavy (non-hydrogen) atoms. The largest absolute Gasteiger partial charge is 0.368 e. The second-order valence-electron chi connectivity index (χ2n) is 5.56. The third kappa shape index (κ3) is 2.72. The molecule has 100 valence electrons. The van der Waals surface area contributed by atoms with Crippen molar-refractivity contribution >= 4 is 21.6 Å². The lowest BCUT2D eigenvalue weighted by molar-refractivity contribution is 0.625. The van der Waals surface area contributed by atoms with Crippen LogP contribution in [0.4, 0.5) is 5.69 Å². The summed E-state index contributed by atoms with van der Waals surface area (Å²) in [6.45, 7) is 8.00. The molecule has 1 fully saturated rings. The molecule has 0 aromatic heterocycles. The number of rotatable bonds is 3. The fourth-order valence-electron chi connectivity index (χ4n) is 2.83. The highest BCUT2D eigenvalue weighted by molar-refractivity contribution is 9.10. The van der Waals surface area contributed by atoms with Gasteiger partial charge in [0.05, 0.1) is 5.69 Å². The SMILES string of the molecule is CNC(C)c1ccc(N2CC(C)CC2C)c(Br)c1. The summed E-state index contributed by atoms with van der Waals surface area (Å²) in [5.74, 6) is 0.794. The van der Waals surface area contributed by atoms with Gasteiger partial charge in [0.2, 0.25) is 0 Å². The second-order valence-corrected chi connectivity index (χ2v) is 6.42. The van der Waals surface area contributed by atoms with E-state index in [-0.39, 0.29) is 0 Å². The predicted octanol–water partition coefficient (Wildman–Crippen LogP) is 3.96. The molecule has 1 saturated heterocycles. The van der Waals surface area contributed by atoms with Crippen molar-refractivity contribution < 1.29 is 0 Å². The first-order valence-electron chi connectivity index (χ1n) is 6.76. The molecule has 0 saturated carbocycles. The van der Waals surface area contributed by atoms with Crippen LogP contribution in [0.15, 0.2) is 22.7 Å². The van der Waals surface area contributed by atoms with Crippen molar-refractivity contribution in [1.29, 1.82) is 0 Å². The molecular weight excluding hydrogens is 288 g/mol. The number of hydrogen-bond acceptors (Lipinski definition) is 2. The summed E-state index contributed by atoms with van der Waals surface area (Å²) >= 11 is 3.73. The van der Waals surface area contributed by atoms with Crippen LogP contribution in [-0.2, 0) is 0 Å². The van der Waals surface area contributed by atoms with Crippen molar-refractivity contribution in [3.63, 3.8) is 0 Å². The van der Waals surface area contributed by atoms with Gasteiger partial charge < -0.3 is 10.2 Å². The Hall–Kier alpha value is -0.540. The Morgan fingerprint density at radius 1 is 1.39 bits per heavy atom. The van der Waals surface area contributed by atoms with Crippen molar-refractivity contribution in [2.45, 2.75) is 39.3 Å². The van der Waals surface area contributed by atoms with Crippen LogP contribution in [0.2, 0.25) is 0 Å². The maximum absolute atomic E-state index is 3.73. The summed E-state index contributed by atoms with van der Waals surface area (Å²) in [5, 5.41) is 3.28. The van der Waals surface area contributed by atoms with Crippen molar-refractivity contribution in [1.82, 2.24) is 5.32 Å². The number of nitrogens with zero attached hydrogens (tertiary/aromatic N) is 1. The predicted molar refractivity (Wildman–Crippen MR) is 82.2 cm³/mol. The molecule has 0 radical (unpaired) electrons. The van der Waals surface area contributed by atoms with Gasteiger partial charge in [-0.15, -0.1) is 0 Å². The van der Waals surface area contributed by atoms with Gasteiger partial charge in [-0.25, -0.2) is 0 Å². The van der Waals surface area contributed by atoms with Gasteiger partial charge in [-0.3, -0.25) is 0 Å². The summed E-state index contributed by atoms with van der Waals surface area (Å²) in [7, 11) is 2.00. The van der Waals surface area contributed by atoms with E-state index >= 15 is 0 Å². The average molecular weight is 311 g/mol. The minimum absolute atomic E-state index is 0.394. The summed E-state index contributed by atoms with van der Waals surface area (Å²) < 4.78 is 1.21. The van der Waals surface area contributed by atoms with Gasteiger partial charge in [0.1, 0.15) is 0 Å². The van der Waals surface area contributed by atoms with Crippen LogP contribution in [-0.4, -0.2) is 19.6 Å². The summed E-state index contributed by atoms with van der Waals surface area (Å²) in [6.07, 6.45) is 1.29. The molecule has 1 aromatic carbocycles. The van der Waals surface area contributed by atoms with Crippen LogP contribution >= 0.6 is 15.9 Å². The molecule has 1 N–H and O–H groups in total. The Labute approximate surface area is 119 Å². The maximum atomic E-state index is 3.73. The minimum Gasteiger partial charge on any atom is -0.368 e. The maximum Gasteiger partial charge on any atom is 0.0513 e. The molecule has 1 aliphatic heterocycles. The average Bonchev–Trinajstić information content (AvgIpc) is 2.67. The molecular formula is C15H23BrN2. The molecule has 0 spiro atoms. The van der Waals surface area contributed by atoms with E-state index in [1.807, 2.05) is 7.05 Å². The Morgan fingerprint density at radius 3 is 2.61 bits per heavy atom. The minimum atomic E-state index is 0.394. The number of anilines is 1. The Balaban J connectivity index is 2.25. The van der Waals surface area contributed by atoms with Crippen LogP contribution in [0, 0.1) is 5.92 Å². The van der Waals surface area contributed by atoms with E-state index < -0.39 is 0 Å². The van der Waals surface area contributed by atoms with Crippen molar-refractivity contribution in [3.8, 4) is 0 Å². The molecule has 2 nitrogen and oxygen atoms in total. The highest BCUT2D eigenvalue weighted by atomic mass is 79.9. The Morgan fingerprint density at radius 2 is 2.11 bits per heavy atom. The zero-order chi connectivity index (χ0) is 13.3. The number of nitrogens with one attached hydrogen (secondary N) is 1. The first kappa shape index (κ1) is 13.9. The molecule has 3 unspecified atom stereocenters. The molecule has 0 aliphatic carbocycles. The summed E-state index contributed by atoms with van der Waals surface area (Å²) in [5.41, 5.74) is 2.66. The molecule has 2 rings (SSSR count). The highest BCUT2D eigenvalue weighted by Gasteiger charge is 2.27. The fourth-order valence-corrected chi connectivity index (χ4v) is 3.45. The van der Waals surface area contributed by atoms with Crippen molar-refractivity contribution in [2.75, 3.05) is 18.5 Å². The first-order valence-corrected chi connectivity index (χ1v) is 7.55. The lowest BCUT2D eigenvalue weighted by Crippen LogP contribution is -2.27. The third-order valence-corrected chi connectivity index (χ3v) is 4.63. The lowest BCUT2D eigenvalue weighted by Gasteiger charge is -2.26. The monoisotopic (exact) mass is 310 g/mol. The van der Waals surface area contributed by atoms with Crippen LogP contribution < -0.4 is 10.2 Å². The molecule has 1 heterocycles. The summed E-state index contributed by atoms with van der Waals surface area (Å²) in [4.78, 5) is 2.52. The number of hydrogen-bond donors (Lipinski definition) is 1. The van der Waals surface area contributed by atoms with E-state index in [0.717, 1.165) is 5.92 Å². The van der Waals surface area contributed by atoms with Gasteiger partial charge in [0, 0.05) is 23.1 Å². The lowest BCUT2D eigenvalue weighted by atomic mass is 10.1. The third-order valence-electron chi connectivity index (χ3n) is 4.00. The smallest absolute Gasteiger partial charge is 0.0513 e. The van der Waals surface area contributed by atoms with Gasteiger partial charge in [-0.2, -0.15) is 0 Å². The van der Waals surface area contributed by atoms with E-state index in [9.17, 15) is 0 Å². The summed E-state index contributed by atoms with van der Waals surface area (Å²) in [6, 6.07) is 7.76. The Bertz CT molecular complexity index is 419. The van der Waals surface area contributed by atoms with E-state index in [4.69, 9.17) is 0 Å². The van der Waals surface area contributed by atoms with Crippen LogP contribution in [0.1, 0.15) is 38.8 Å². The van der Waals surface area contributed by atoms with Gasteiger partial charge >= 0.3 is 0 Å². The zero-order valence-electron chi connectivity index (χ0n) is 11.7. The molecule has 1 aromatic rings. The normalized spacial score (nSPS) is 25.5. The number of halogens is 1. The molecule has 0 amide bonds. The molecule has 1 aliphatic rings. The van der Waals surface area contributed by atoms with Gasteiger partial charge in [-0.05, 0) is 66.9 Å². The molecule has 3 atom stereocenters. The highest BCUT2D eigenvalue weighted by Crippen LogP contribution is 2.35. The zero-order valence-corrected chi connectivity index (χ0v) is 13.3.